The molecule has 170 valence electrons. The molecule has 1 heterocycles. The zero-order valence-corrected chi connectivity index (χ0v) is 19.7. The fourth-order valence-electron chi connectivity index (χ4n) is 3.81. The third kappa shape index (κ3) is 5.83. The van der Waals surface area contributed by atoms with Crippen LogP contribution in [0, 0.1) is 11.8 Å². The first-order chi connectivity index (χ1) is 14.7. The van der Waals surface area contributed by atoms with E-state index in [4.69, 9.17) is 23.2 Å². The van der Waals surface area contributed by atoms with Crippen LogP contribution in [0.15, 0.2) is 18.2 Å². The largest absolute Gasteiger partial charge is 0.337 e. The van der Waals surface area contributed by atoms with Crippen molar-refractivity contribution in [2.24, 2.45) is 11.8 Å². The normalized spacial score (nSPS) is 20.7. The van der Waals surface area contributed by atoms with E-state index < -0.39 is 12.1 Å². The van der Waals surface area contributed by atoms with Crippen LogP contribution in [0.3, 0.4) is 0 Å². The van der Waals surface area contributed by atoms with Gasteiger partial charge in [-0.05, 0) is 43.9 Å². The van der Waals surface area contributed by atoms with Gasteiger partial charge in [-0.2, -0.15) is 0 Å². The molecule has 1 saturated heterocycles. The highest BCUT2D eigenvalue weighted by molar-refractivity contribution is 6.42. The molecule has 4 amide bonds. The summed E-state index contributed by atoms with van der Waals surface area (Å²) in [5.41, 5.74) is 0.489. The van der Waals surface area contributed by atoms with Gasteiger partial charge in [0.15, 0.2) is 0 Å². The van der Waals surface area contributed by atoms with Crippen LogP contribution in [0.4, 0.5) is 10.5 Å². The number of nitrogens with one attached hydrogen (secondary N) is 2. The lowest BCUT2D eigenvalue weighted by molar-refractivity contribution is -0.144. The van der Waals surface area contributed by atoms with Crippen molar-refractivity contribution < 1.29 is 14.4 Å². The highest BCUT2D eigenvalue weighted by Crippen LogP contribution is 2.32. The number of rotatable bonds is 6. The summed E-state index contributed by atoms with van der Waals surface area (Å²) in [5.74, 6) is 0.207. The Bertz CT molecular complexity index is 846. The molecule has 1 aliphatic carbocycles. The van der Waals surface area contributed by atoms with Crippen molar-refractivity contribution in [2.75, 3.05) is 25.0 Å². The summed E-state index contributed by atoms with van der Waals surface area (Å²) in [6, 6.07) is 3.62. The molecule has 3 atom stereocenters. The lowest BCUT2D eigenvalue weighted by atomic mass is 9.97. The smallest absolute Gasteiger partial charge is 0.319 e. The minimum atomic E-state index is -0.661. The molecule has 3 rings (SSSR count). The van der Waals surface area contributed by atoms with Gasteiger partial charge in [0.05, 0.1) is 10.0 Å². The average molecular weight is 469 g/mol. The van der Waals surface area contributed by atoms with Crippen molar-refractivity contribution in [1.29, 1.82) is 0 Å². The van der Waals surface area contributed by atoms with E-state index in [9.17, 15) is 14.4 Å². The molecular formula is C22H30Cl2N4O3. The zero-order chi connectivity index (χ0) is 22.7. The zero-order valence-electron chi connectivity index (χ0n) is 18.2. The van der Waals surface area contributed by atoms with E-state index in [0.717, 1.165) is 19.3 Å². The Morgan fingerprint density at radius 3 is 2.45 bits per heavy atom. The predicted molar refractivity (Wildman–Crippen MR) is 122 cm³/mol. The summed E-state index contributed by atoms with van der Waals surface area (Å²) in [4.78, 5) is 42.0. The van der Waals surface area contributed by atoms with Crippen LogP contribution < -0.4 is 10.6 Å². The fourth-order valence-corrected chi connectivity index (χ4v) is 4.11. The Labute approximate surface area is 193 Å². The van der Waals surface area contributed by atoms with Crippen LogP contribution in [0.5, 0.6) is 0 Å². The molecule has 0 spiro atoms. The van der Waals surface area contributed by atoms with E-state index in [1.54, 1.807) is 23.1 Å². The monoisotopic (exact) mass is 468 g/mol. The quantitative estimate of drug-likeness (QED) is 0.661. The predicted octanol–water partition coefficient (Wildman–Crippen LogP) is 4.00. The van der Waals surface area contributed by atoms with Crippen molar-refractivity contribution in [3.05, 3.63) is 28.2 Å². The molecular weight excluding hydrogens is 439 g/mol. The van der Waals surface area contributed by atoms with Crippen LogP contribution in [0.1, 0.15) is 40.0 Å². The molecule has 2 N–H and O–H groups in total. The molecule has 31 heavy (non-hydrogen) atoms. The number of piperazine rings is 1. The Morgan fingerprint density at radius 2 is 1.87 bits per heavy atom. The maximum atomic E-state index is 13.3. The van der Waals surface area contributed by atoms with Gasteiger partial charge in [0, 0.05) is 37.3 Å². The van der Waals surface area contributed by atoms with Crippen LogP contribution in [-0.4, -0.2) is 59.4 Å². The van der Waals surface area contributed by atoms with Gasteiger partial charge in [0.25, 0.3) is 0 Å². The number of nitrogens with zero attached hydrogens (tertiary/aromatic N) is 2. The van der Waals surface area contributed by atoms with E-state index in [1.165, 1.54) is 0 Å². The molecule has 1 aromatic rings. The first kappa shape index (κ1) is 23.7. The van der Waals surface area contributed by atoms with Crippen molar-refractivity contribution in [3.63, 3.8) is 0 Å². The number of carbonyl (C=O) groups is 3. The molecule has 2 aliphatic rings. The Hall–Kier alpha value is -1.99. The lowest BCUT2D eigenvalue weighted by Crippen LogP contribution is -2.60. The highest BCUT2D eigenvalue weighted by atomic mass is 35.5. The summed E-state index contributed by atoms with van der Waals surface area (Å²) >= 11 is 11.9. The molecule has 3 unspecified atom stereocenters. The number of hydrogen-bond donors (Lipinski definition) is 2. The van der Waals surface area contributed by atoms with Gasteiger partial charge >= 0.3 is 6.03 Å². The fraction of sp³-hybridized carbons (Fsp3) is 0.591. The lowest BCUT2D eigenvalue weighted by Gasteiger charge is -2.41. The summed E-state index contributed by atoms with van der Waals surface area (Å²) in [6.45, 7) is 7.38. The number of amides is 4. The van der Waals surface area contributed by atoms with Crippen LogP contribution in [0.25, 0.3) is 0 Å². The number of urea groups is 1. The first-order valence-corrected chi connectivity index (χ1v) is 11.6. The average Bonchev–Trinajstić information content (AvgIpc) is 3.58. The number of benzene rings is 1. The molecule has 1 saturated carbocycles. The SMILES string of the molecule is CCC(C)C(NC(=O)Nc1ccc(Cl)c(Cl)c1)C(=O)N1CCN(C(=O)C2CC2)C(C)C1. The Morgan fingerprint density at radius 1 is 1.16 bits per heavy atom. The number of carbonyl (C=O) groups excluding carboxylic acids is 3. The van der Waals surface area contributed by atoms with Gasteiger partial charge < -0.3 is 20.4 Å². The second-order valence-corrected chi connectivity index (χ2v) is 9.34. The minimum Gasteiger partial charge on any atom is -0.337 e. The third-order valence-corrected chi connectivity index (χ3v) is 6.83. The molecule has 0 aromatic heterocycles. The second kappa shape index (κ2) is 10.1. The molecule has 1 aromatic carbocycles. The van der Waals surface area contributed by atoms with Gasteiger partial charge in [-0.15, -0.1) is 0 Å². The summed E-state index contributed by atoms with van der Waals surface area (Å²) < 4.78 is 0. The van der Waals surface area contributed by atoms with Gasteiger partial charge in [-0.1, -0.05) is 43.5 Å². The minimum absolute atomic E-state index is 0.0339. The van der Waals surface area contributed by atoms with Crippen molar-refractivity contribution in [3.8, 4) is 0 Å². The topological polar surface area (TPSA) is 81.8 Å². The maximum absolute atomic E-state index is 13.3. The van der Waals surface area contributed by atoms with Gasteiger partial charge in [-0.25, -0.2) is 4.79 Å². The van der Waals surface area contributed by atoms with Crippen molar-refractivity contribution in [2.45, 2.75) is 52.1 Å². The second-order valence-electron chi connectivity index (χ2n) is 8.53. The standard InChI is InChI=1S/C22H30Cl2N4O3/c1-4-13(2)19(26-22(31)25-16-7-8-17(23)18(24)11-16)21(30)27-9-10-28(14(3)12-27)20(29)15-5-6-15/h7-8,11,13-15,19H,4-6,9-10,12H2,1-3H3,(H2,25,26,31). The summed E-state index contributed by atoms with van der Waals surface area (Å²) in [6.07, 6.45) is 2.68. The van der Waals surface area contributed by atoms with Crippen LogP contribution >= 0.6 is 23.2 Å². The van der Waals surface area contributed by atoms with E-state index in [2.05, 4.69) is 10.6 Å². The number of halogens is 2. The van der Waals surface area contributed by atoms with Gasteiger partial charge in [0.2, 0.25) is 11.8 Å². The van der Waals surface area contributed by atoms with Gasteiger partial charge in [0.1, 0.15) is 6.04 Å². The van der Waals surface area contributed by atoms with E-state index in [0.29, 0.717) is 35.4 Å². The molecule has 0 radical (unpaired) electrons. The van der Waals surface area contributed by atoms with E-state index in [-0.39, 0.29) is 29.7 Å². The summed E-state index contributed by atoms with van der Waals surface area (Å²) in [7, 11) is 0. The first-order valence-electron chi connectivity index (χ1n) is 10.8. The maximum Gasteiger partial charge on any atom is 0.319 e. The van der Waals surface area contributed by atoms with Crippen molar-refractivity contribution >= 4 is 46.7 Å². The number of anilines is 1. The molecule has 2 fully saturated rings. The Kier molecular flexibility index (Phi) is 7.70. The highest BCUT2D eigenvalue weighted by Gasteiger charge is 2.39. The molecule has 0 bridgehead atoms. The van der Waals surface area contributed by atoms with E-state index >= 15 is 0 Å². The summed E-state index contributed by atoms with van der Waals surface area (Å²) in [5, 5.41) is 6.27. The van der Waals surface area contributed by atoms with Crippen molar-refractivity contribution in [1.82, 2.24) is 15.1 Å². The molecule has 1 aliphatic heterocycles. The van der Waals surface area contributed by atoms with E-state index in [1.807, 2.05) is 25.7 Å². The van der Waals surface area contributed by atoms with Crippen LogP contribution in [0.2, 0.25) is 10.0 Å². The Balaban J connectivity index is 1.63. The number of hydrogen-bond acceptors (Lipinski definition) is 3. The van der Waals surface area contributed by atoms with Crippen LogP contribution in [-0.2, 0) is 9.59 Å². The third-order valence-electron chi connectivity index (χ3n) is 6.09. The molecule has 7 nitrogen and oxygen atoms in total. The molecule has 9 heteroatoms. The van der Waals surface area contributed by atoms with Gasteiger partial charge in [-0.3, -0.25) is 9.59 Å².